The van der Waals surface area contributed by atoms with Crippen LogP contribution in [0.3, 0.4) is 0 Å². The van der Waals surface area contributed by atoms with Crippen molar-refractivity contribution in [2.24, 2.45) is 0 Å². The van der Waals surface area contributed by atoms with E-state index in [2.05, 4.69) is 5.32 Å². The van der Waals surface area contributed by atoms with Gasteiger partial charge in [0.05, 0.1) is 0 Å². The van der Waals surface area contributed by atoms with Gasteiger partial charge in [-0.25, -0.2) is 4.39 Å². The lowest BCUT2D eigenvalue weighted by Gasteiger charge is -2.29. The highest BCUT2D eigenvalue weighted by Gasteiger charge is 2.28. The third kappa shape index (κ3) is 1.33. The minimum atomic E-state index is -0.565. The van der Waals surface area contributed by atoms with E-state index < -0.39 is 6.17 Å². The number of hydrogen-bond acceptors (Lipinski definition) is 1. The summed E-state index contributed by atoms with van der Waals surface area (Å²) in [5.74, 6) is 0. The molecule has 1 aliphatic carbocycles. The molecule has 1 aliphatic rings. The van der Waals surface area contributed by atoms with Crippen LogP contribution in [0.1, 0.15) is 12.8 Å². The number of hydrogen-bond donors (Lipinski definition) is 1. The van der Waals surface area contributed by atoms with Crippen molar-refractivity contribution in [1.82, 2.24) is 5.32 Å². The van der Waals surface area contributed by atoms with Crippen LogP contribution in [0, 0.1) is 0 Å². The summed E-state index contributed by atoms with van der Waals surface area (Å²) in [5.41, 5.74) is 0. The van der Waals surface area contributed by atoms with Gasteiger partial charge in [-0.3, -0.25) is 0 Å². The maximum absolute atomic E-state index is 12.1. The van der Waals surface area contributed by atoms with Gasteiger partial charge in [-0.2, -0.15) is 0 Å². The Kier molecular flexibility index (Phi) is 3.33. The van der Waals surface area contributed by atoms with Crippen LogP contribution in [-0.2, 0) is 0 Å². The summed E-state index contributed by atoms with van der Waals surface area (Å²) in [5, 5.41) is 2.88. The van der Waals surface area contributed by atoms with E-state index >= 15 is 0 Å². The smallest absolute Gasteiger partial charge is 0.115 e. The van der Waals surface area contributed by atoms with Crippen LogP contribution in [0.4, 0.5) is 4.39 Å². The molecule has 0 aliphatic heterocycles. The largest absolute Gasteiger partial charge is 0.314 e. The van der Waals surface area contributed by atoms with Crippen LogP contribution in [0.25, 0.3) is 0 Å². The minimum Gasteiger partial charge on any atom is -0.314 e. The predicted molar refractivity (Wildman–Crippen MR) is 34.2 cm³/mol. The van der Waals surface area contributed by atoms with Crippen molar-refractivity contribution in [3.8, 4) is 0 Å². The Hall–Kier alpha value is 0.180. The molecule has 0 aromatic rings. The summed E-state index contributed by atoms with van der Waals surface area (Å²) in [6, 6.07) is 0.167. The van der Waals surface area contributed by atoms with E-state index in [0.29, 0.717) is 0 Å². The molecular formula is C5H11ClFN. The second-order valence-corrected chi connectivity index (χ2v) is 1.99. The maximum atomic E-state index is 12.1. The summed E-state index contributed by atoms with van der Waals surface area (Å²) in [7, 11) is 1.80. The van der Waals surface area contributed by atoms with Crippen molar-refractivity contribution < 1.29 is 4.39 Å². The lowest BCUT2D eigenvalue weighted by Crippen LogP contribution is -2.43. The van der Waals surface area contributed by atoms with Crippen molar-refractivity contribution in [3.63, 3.8) is 0 Å². The molecule has 0 radical (unpaired) electrons. The SMILES string of the molecule is CNC1CCC1F.Cl. The molecule has 1 nitrogen and oxygen atoms in total. The van der Waals surface area contributed by atoms with E-state index in [9.17, 15) is 4.39 Å². The zero-order valence-corrected chi connectivity index (χ0v) is 5.67. The fourth-order valence-corrected chi connectivity index (χ4v) is 0.785. The van der Waals surface area contributed by atoms with Gasteiger partial charge in [0.2, 0.25) is 0 Å². The fraction of sp³-hybridized carbons (Fsp3) is 1.00. The lowest BCUT2D eigenvalue weighted by molar-refractivity contribution is 0.149. The first-order valence-corrected chi connectivity index (χ1v) is 2.66. The summed E-state index contributed by atoms with van der Waals surface area (Å²) in [6.45, 7) is 0. The molecule has 0 aromatic carbocycles. The zero-order chi connectivity index (χ0) is 5.28. The molecule has 0 saturated heterocycles. The Labute approximate surface area is 55.1 Å². The fourth-order valence-electron chi connectivity index (χ4n) is 0.785. The third-order valence-corrected chi connectivity index (χ3v) is 1.56. The van der Waals surface area contributed by atoms with Crippen molar-refractivity contribution in [2.45, 2.75) is 25.1 Å². The van der Waals surface area contributed by atoms with Crippen LogP contribution in [0.2, 0.25) is 0 Å². The van der Waals surface area contributed by atoms with Gasteiger partial charge in [0.25, 0.3) is 0 Å². The first-order valence-electron chi connectivity index (χ1n) is 2.66. The van der Waals surface area contributed by atoms with Gasteiger partial charge in [-0.1, -0.05) is 0 Å². The quantitative estimate of drug-likeness (QED) is 0.574. The number of halogens is 2. The summed E-state index contributed by atoms with van der Waals surface area (Å²) < 4.78 is 12.1. The van der Waals surface area contributed by atoms with E-state index in [1.807, 2.05) is 0 Å². The Morgan fingerprint density at radius 3 is 2.12 bits per heavy atom. The molecule has 1 N–H and O–H groups in total. The van der Waals surface area contributed by atoms with Crippen LogP contribution < -0.4 is 5.32 Å². The van der Waals surface area contributed by atoms with Crippen LogP contribution in [0.5, 0.6) is 0 Å². The van der Waals surface area contributed by atoms with E-state index in [-0.39, 0.29) is 18.4 Å². The average molecular weight is 140 g/mol. The summed E-state index contributed by atoms with van der Waals surface area (Å²) in [4.78, 5) is 0. The molecule has 3 heteroatoms. The van der Waals surface area contributed by atoms with Gasteiger partial charge < -0.3 is 5.32 Å². The monoisotopic (exact) mass is 139 g/mol. The molecule has 1 saturated carbocycles. The highest BCUT2D eigenvalue weighted by Crippen LogP contribution is 2.21. The normalized spacial score (nSPS) is 35.2. The molecule has 0 bridgehead atoms. The van der Waals surface area contributed by atoms with Crippen LogP contribution >= 0.6 is 12.4 Å². The zero-order valence-electron chi connectivity index (χ0n) is 4.86. The molecule has 2 unspecified atom stereocenters. The van der Waals surface area contributed by atoms with Crippen molar-refractivity contribution in [3.05, 3.63) is 0 Å². The van der Waals surface area contributed by atoms with Gasteiger partial charge in [-0.15, -0.1) is 12.4 Å². The molecule has 0 spiro atoms. The molecule has 2 atom stereocenters. The third-order valence-electron chi connectivity index (χ3n) is 1.56. The Bertz CT molecular complexity index is 67.4. The maximum Gasteiger partial charge on any atom is 0.115 e. The topological polar surface area (TPSA) is 12.0 Å². The van der Waals surface area contributed by atoms with Gasteiger partial charge in [0, 0.05) is 6.04 Å². The van der Waals surface area contributed by atoms with Crippen molar-refractivity contribution in [2.75, 3.05) is 7.05 Å². The molecular weight excluding hydrogens is 129 g/mol. The minimum absolute atomic E-state index is 0. The average Bonchev–Trinajstić information content (AvgIpc) is 1.65. The molecule has 0 aromatic heterocycles. The number of alkyl halides is 1. The van der Waals surface area contributed by atoms with Gasteiger partial charge in [0.15, 0.2) is 0 Å². The highest BCUT2D eigenvalue weighted by atomic mass is 35.5. The standard InChI is InChI=1S/C5H10FN.ClH/c1-7-5-3-2-4(5)6;/h4-5,7H,2-3H2,1H3;1H. The van der Waals surface area contributed by atoms with Gasteiger partial charge >= 0.3 is 0 Å². The van der Waals surface area contributed by atoms with Crippen molar-refractivity contribution >= 4 is 12.4 Å². The predicted octanol–water partition coefficient (Wildman–Crippen LogP) is 1.13. The molecule has 1 rings (SSSR count). The lowest BCUT2D eigenvalue weighted by atomic mass is 9.91. The van der Waals surface area contributed by atoms with Gasteiger partial charge in [0.1, 0.15) is 6.17 Å². The van der Waals surface area contributed by atoms with Crippen LogP contribution in [0.15, 0.2) is 0 Å². The molecule has 1 fully saturated rings. The summed E-state index contributed by atoms with van der Waals surface area (Å²) in [6.07, 6.45) is 1.20. The Morgan fingerprint density at radius 1 is 1.50 bits per heavy atom. The second kappa shape index (κ2) is 3.25. The molecule has 0 amide bonds. The second-order valence-electron chi connectivity index (χ2n) is 1.99. The van der Waals surface area contributed by atoms with Crippen molar-refractivity contribution in [1.29, 1.82) is 0 Å². The first-order chi connectivity index (χ1) is 3.34. The van der Waals surface area contributed by atoms with E-state index in [1.165, 1.54) is 0 Å². The number of nitrogens with one attached hydrogen (secondary N) is 1. The summed E-state index contributed by atoms with van der Waals surface area (Å²) >= 11 is 0. The molecule has 8 heavy (non-hydrogen) atoms. The Morgan fingerprint density at radius 2 is 2.12 bits per heavy atom. The van der Waals surface area contributed by atoms with Gasteiger partial charge in [-0.05, 0) is 19.9 Å². The Balaban J connectivity index is 0.000000490. The molecule has 0 heterocycles. The first kappa shape index (κ1) is 8.18. The number of rotatable bonds is 1. The molecule has 50 valence electrons. The van der Waals surface area contributed by atoms with E-state index in [4.69, 9.17) is 0 Å². The van der Waals surface area contributed by atoms with E-state index in [0.717, 1.165) is 12.8 Å². The van der Waals surface area contributed by atoms with E-state index in [1.54, 1.807) is 7.05 Å². The van der Waals surface area contributed by atoms with Crippen LogP contribution in [-0.4, -0.2) is 19.3 Å². The highest BCUT2D eigenvalue weighted by molar-refractivity contribution is 5.85.